The Morgan fingerprint density at radius 3 is 2.27 bits per heavy atom. The summed E-state index contributed by atoms with van der Waals surface area (Å²) in [4.78, 5) is 76.8. The molecule has 0 radical (unpaired) electrons. The van der Waals surface area contributed by atoms with Crippen LogP contribution in [0.2, 0.25) is 0 Å². The topological polar surface area (TPSA) is 214 Å². The maximum absolute atomic E-state index is 15.3. The second kappa shape index (κ2) is 24.3. The first-order chi connectivity index (χ1) is 38.4. The number of carbonyl (C=O) groups excluding carboxylic acids is 4. The standard InChI is InChI=1S/C58H69F2N11O7S2/c1-36-53(79-35-64-36)40-7-5-37(6-8-40)28-63-56(75)50-27-45(72)33-70(50)57(76)54(58(2,3)4)65-51(73)34-66-18-15-38(16-19-66)31-67-21-23-68(24-22-67)43-11-9-39(10-12-43)41-25-46-48(30-62-55(46)61-29-41)52(74)47-26-44(13-14-49(47)60)71(80(77)78)69-20-17-42(59)32-69/h5-14,25-26,29-30,35,38,42,45,50,54,72H,15-24,27-28,31-34H2,1-4H3,(H,61,62)(H,63,75)(H,65,73)(H,77,78)/p-1/t42-,45-,50+,54-/m1/s1. The van der Waals surface area contributed by atoms with Crippen molar-refractivity contribution in [2.45, 2.75) is 84.3 Å². The van der Waals surface area contributed by atoms with Gasteiger partial charge in [-0.25, -0.2) is 28.2 Å². The number of H-pyrrole nitrogens is 1. The number of hydrogen-bond donors (Lipinski definition) is 4. The maximum atomic E-state index is 15.3. The molecule has 80 heavy (non-hydrogen) atoms. The Hall–Kier alpha value is -6.53. The molecule has 4 aliphatic heterocycles. The van der Waals surface area contributed by atoms with Gasteiger partial charge < -0.3 is 35.1 Å². The van der Waals surface area contributed by atoms with E-state index in [-0.39, 0.29) is 80.1 Å². The van der Waals surface area contributed by atoms with E-state index in [4.69, 9.17) is 0 Å². The first kappa shape index (κ1) is 56.7. The number of halogens is 2. The van der Waals surface area contributed by atoms with Crippen LogP contribution in [-0.2, 0) is 32.2 Å². The van der Waals surface area contributed by atoms with Gasteiger partial charge in [0.2, 0.25) is 17.7 Å². The third kappa shape index (κ3) is 12.8. The van der Waals surface area contributed by atoms with Gasteiger partial charge in [0.05, 0.1) is 57.8 Å². The average molecular weight is 1130 g/mol. The SMILES string of the molecule is Cc1ncsc1-c1ccc(CNC(=O)[C@@H]2C[C@@H](O)CN2C(=O)[C@@H](NC(=O)CN2CCC(CN3CCN(c4ccc(-c5cnc6[nH]cc(C(=O)c7cc(N(N8CC[C@@H](F)C8)S(=O)[O-])ccc7F)c6c5)cc4)CC3)CC2)C(C)(C)C)cc1. The van der Waals surface area contributed by atoms with E-state index < -0.39 is 52.6 Å². The van der Waals surface area contributed by atoms with Gasteiger partial charge in [-0.15, -0.1) is 11.3 Å². The zero-order valence-corrected chi connectivity index (χ0v) is 47.0. The number of β-amino-alcohol motifs (C(OH)–C–C–N with tert-alkyl or cyclic N) is 1. The Bertz CT molecular complexity index is 3230. The molecule has 0 aliphatic carbocycles. The number of fused-ring (bicyclic) bond motifs is 1. The number of anilines is 2. The molecule has 0 spiro atoms. The number of alkyl halides is 1. The number of hydrogen-bond acceptors (Lipinski definition) is 14. The van der Waals surface area contributed by atoms with Crippen molar-refractivity contribution in [2.24, 2.45) is 11.3 Å². The second-order valence-corrected chi connectivity index (χ2v) is 24.2. The van der Waals surface area contributed by atoms with Crippen LogP contribution in [0.3, 0.4) is 0 Å². The summed E-state index contributed by atoms with van der Waals surface area (Å²) < 4.78 is 54.6. The summed E-state index contributed by atoms with van der Waals surface area (Å²) in [6.07, 6.45) is 3.28. The summed E-state index contributed by atoms with van der Waals surface area (Å²) in [6.45, 7) is 14.1. The number of amides is 3. The van der Waals surface area contributed by atoms with Gasteiger partial charge in [-0.2, -0.15) is 0 Å². The number of nitrogens with one attached hydrogen (secondary N) is 3. The number of aliphatic hydroxyl groups is 1. The highest BCUT2D eigenvalue weighted by Gasteiger charge is 2.45. The molecular weight excluding hydrogens is 1060 g/mol. The summed E-state index contributed by atoms with van der Waals surface area (Å²) in [7, 11) is 0. The van der Waals surface area contributed by atoms with Gasteiger partial charge in [0.15, 0.2) is 5.78 Å². The Morgan fingerprint density at radius 2 is 1.61 bits per heavy atom. The van der Waals surface area contributed by atoms with Crippen molar-refractivity contribution < 1.29 is 41.8 Å². The number of benzene rings is 3. The summed E-state index contributed by atoms with van der Waals surface area (Å²) in [5.74, 6) is -1.98. The van der Waals surface area contributed by atoms with Crippen molar-refractivity contribution in [3.8, 4) is 21.6 Å². The van der Waals surface area contributed by atoms with Crippen LogP contribution < -0.4 is 19.9 Å². The number of rotatable bonds is 17. The number of ketones is 1. The van der Waals surface area contributed by atoms with Gasteiger partial charge in [-0.05, 0) is 104 Å². The van der Waals surface area contributed by atoms with E-state index in [2.05, 4.69) is 52.4 Å². The minimum absolute atomic E-state index is 0.00753. The monoisotopic (exact) mass is 1130 g/mol. The Balaban J connectivity index is 0.678. The van der Waals surface area contributed by atoms with E-state index in [9.17, 15) is 37.4 Å². The lowest BCUT2D eigenvalue weighted by Crippen LogP contribution is -2.59. The summed E-state index contributed by atoms with van der Waals surface area (Å²) >= 11 is -1.26. The lowest BCUT2D eigenvalue weighted by Gasteiger charge is -2.40. The number of pyridine rings is 1. The van der Waals surface area contributed by atoms with E-state index in [1.165, 1.54) is 28.2 Å². The fourth-order valence-corrected chi connectivity index (χ4v) is 12.9. The van der Waals surface area contributed by atoms with Crippen LogP contribution in [0.1, 0.15) is 73.6 Å². The maximum Gasteiger partial charge on any atom is 0.246 e. The molecule has 4 saturated heterocycles. The molecule has 3 aromatic heterocycles. The molecule has 3 aromatic carbocycles. The number of thiazole rings is 1. The fourth-order valence-electron chi connectivity index (χ4n) is 11.4. The van der Waals surface area contributed by atoms with Crippen molar-refractivity contribution in [3.05, 3.63) is 119 Å². The minimum Gasteiger partial charge on any atom is -0.754 e. The Morgan fingerprint density at radius 1 is 0.887 bits per heavy atom. The molecule has 4 fully saturated rings. The highest BCUT2D eigenvalue weighted by Crippen LogP contribution is 2.33. The molecule has 6 aromatic rings. The number of nitrogens with zero attached hydrogens (tertiary/aromatic N) is 8. The number of aryl methyl sites for hydroxylation is 1. The molecular formula is C58H68F2N11O7S2-. The zero-order chi connectivity index (χ0) is 56.4. The number of hydrazine groups is 1. The second-order valence-electron chi connectivity index (χ2n) is 22.6. The van der Waals surface area contributed by atoms with E-state index in [0.717, 1.165) is 108 Å². The van der Waals surface area contributed by atoms with Gasteiger partial charge in [0, 0.05) is 93.4 Å². The van der Waals surface area contributed by atoms with Crippen molar-refractivity contribution in [1.82, 2.24) is 45.3 Å². The Kier molecular flexibility index (Phi) is 17.2. The first-order valence-corrected chi connectivity index (χ1v) is 29.2. The van der Waals surface area contributed by atoms with Crippen LogP contribution in [0.4, 0.5) is 20.2 Å². The number of aromatic nitrogens is 3. The number of likely N-dealkylation sites (tertiary alicyclic amines) is 2. The lowest BCUT2D eigenvalue weighted by atomic mass is 9.85. The van der Waals surface area contributed by atoms with Crippen LogP contribution >= 0.6 is 11.3 Å². The summed E-state index contributed by atoms with van der Waals surface area (Å²) in [5.41, 5.74) is 7.09. The predicted octanol–water partition coefficient (Wildman–Crippen LogP) is 6.23. The molecule has 18 nitrogen and oxygen atoms in total. The van der Waals surface area contributed by atoms with Crippen LogP contribution in [0, 0.1) is 24.1 Å². The molecule has 7 heterocycles. The summed E-state index contributed by atoms with van der Waals surface area (Å²) in [6, 6.07) is 19.6. The quantitative estimate of drug-likeness (QED) is 0.0590. The van der Waals surface area contributed by atoms with Gasteiger partial charge in [-0.1, -0.05) is 57.2 Å². The number of piperidine rings is 1. The van der Waals surface area contributed by atoms with E-state index >= 15 is 4.39 Å². The molecule has 10 rings (SSSR count). The van der Waals surface area contributed by atoms with E-state index in [1.54, 1.807) is 17.5 Å². The number of carbonyl (C=O) groups is 4. The van der Waals surface area contributed by atoms with Gasteiger partial charge >= 0.3 is 0 Å². The highest BCUT2D eigenvalue weighted by molar-refractivity contribution is 7.80. The number of aromatic amines is 1. The fraction of sp³-hybridized carbons (Fsp3) is 0.448. The zero-order valence-electron chi connectivity index (χ0n) is 45.4. The molecule has 0 saturated carbocycles. The van der Waals surface area contributed by atoms with Crippen molar-refractivity contribution in [1.29, 1.82) is 0 Å². The predicted molar refractivity (Wildman–Crippen MR) is 303 cm³/mol. The Labute approximate surface area is 470 Å². The highest BCUT2D eigenvalue weighted by atomic mass is 32.2. The molecule has 0 bridgehead atoms. The molecule has 3 amide bonds. The summed E-state index contributed by atoms with van der Waals surface area (Å²) in [5, 5.41) is 18.5. The molecule has 424 valence electrons. The van der Waals surface area contributed by atoms with Crippen LogP contribution in [-0.4, -0.2) is 168 Å². The molecule has 4 N–H and O–H groups in total. The van der Waals surface area contributed by atoms with Crippen molar-refractivity contribution in [3.63, 3.8) is 0 Å². The average Bonchev–Trinajstić information content (AvgIpc) is 4.30. The van der Waals surface area contributed by atoms with E-state index in [1.807, 2.05) is 75.7 Å². The lowest BCUT2D eigenvalue weighted by molar-refractivity contribution is -0.144. The van der Waals surface area contributed by atoms with Gasteiger partial charge in [-0.3, -0.25) is 33.2 Å². The molecule has 1 unspecified atom stereocenters. The minimum atomic E-state index is -2.83. The molecule has 5 atom stereocenters. The van der Waals surface area contributed by atoms with Gasteiger partial charge in [0.1, 0.15) is 29.7 Å². The largest absolute Gasteiger partial charge is 0.754 e. The van der Waals surface area contributed by atoms with Crippen molar-refractivity contribution in [2.75, 3.05) is 81.3 Å². The molecule has 4 aliphatic rings. The van der Waals surface area contributed by atoms with Crippen LogP contribution in [0.15, 0.2) is 90.7 Å². The van der Waals surface area contributed by atoms with Crippen molar-refractivity contribution >= 4 is 68.5 Å². The van der Waals surface area contributed by atoms with Crippen LogP contribution in [0.25, 0.3) is 32.6 Å². The third-order valence-corrected chi connectivity index (χ3v) is 17.6. The first-order valence-electron chi connectivity index (χ1n) is 27.3. The third-order valence-electron chi connectivity index (χ3n) is 15.9. The smallest absolute Gasteiger partial charge is 0.246 e. The van der Waals surface area contributed by atoms with E-state index in [0.29, 0.717) is 17.0 Å². The number of piperazine rings is 1. The number of aliphatic hydroxyl groups excluding tert-OH is 1. The van der Waals surface area contributed by atoms with Crippen LogP contribution in [0.5, 0.6) is 0 Å². The van der Waals surface area contributed by atoms with Gasteiger partial charge in [0.25, 0.3) is 0 Å². The normalized spacial score (nSPS) is 20.5. The molecule has 22 heteroatoms.